The number of nitrogens with zero attached hydrogens (tertiary/aromatic N) is 3. The molecule has 2 N–H and O–H groups in total. The number of nitrogens with two attached hydrogens (primary N) is 1. The standard InChI is InChI=1S/C11H13FN4S/c1-16-11(14-7-15-16)17-6-9-3-2-8(5-13)4-10(9)12/h2-4,7H,5-6,13H2,1H3. The third-order valence-corrected chi connectivity index (χ3v) is 3.46. The van der Waals surface area contributed by atoms with Gasteiger partial charge in [-0.05, 0) is 17.2 Å². The Kier molecular flexibility index (Phi) is 3.75. The highest BCUT2D eigenvalue weighted by Gasteiger charge is 2.06. The number of aromatic nitrogens is 3. The van der Waals surface area contributed by atoms with E-state index in [-0.39, 0.29) is 5.82 Å². The van der Waals surface area contributed by atoms with Crippen molar-refractivity contribution in [2.45, 2.75) is 17.5 Å². The Hall–Kier alpha value is -1.40. The normalized spacial score (nSPS) is 10.8. The summed E-state index contributed by atoms with van der Waals surface area (Å²) in [5.41, 5.74) is 6.90. The highest BCUT2D eigenvalue weighted by molar-refractivity contribution is 7.98. The third-order valence-electron chi connectivity index (χ3n) is 2.38. The molecule has 0 aliphatic rings. The molecule has 2 aromatic rings. The molecule has 2 rings (SSSR count). The Morgan fingerprint density at radius 3 is 2.88 bits per heavy atom. The van der Waals surface area contributed by atoms with Crippen LogP contribution in [0.5, 0.6) is 0 Å². The van der Waals surface area contributed by atoms with Gasteiger partial charge in [-0.3, -0.25) is 0 Å². The zero-order valence-electron chi connectivity index (χ0n) is 9.43. The van der Waals surface area contributed by atoms with Gasteiger partial charge >= 0.3 is 0 Å². The third kappa shape index (κ3) is 2.83. The summed E-state index contributed by atoms with van der Waals surface area (Å²) in [5, 5.41) is 4.72. The lowest BCUT2D eigenvalue weighted by atomic mass is 10.1. The predicted octanol–water partition coefficient (Wildman–Crippen LogP) is 1.71. The van der Waals surface area contributed by atoms with E-state index < -0.39 is 0 Å². The number of aryl methyl sites for hydroxylation is 1. The van der Waals surface area contributed by atoms with Crippen LogP contribution in [0.3, 0.4) is 0 Å². The molecule has 90 valence electrons. The minimum absolute atomic E-state index is 0.220. The first-order chi connectivity index (χ1) is 8.20. The van der Waals surface area contributed by atoms with Crippen LogP contribution in [-0.4, -0.2) is 14.8 Å². The van der Waals surface area contributed by atoms with Crippen LogP contribution in [0.2, 0.25) is 0 Å². The quantitative estimate of drug-likeness (QED) is 0.842. The molecular weight excluding hydrogens is 239 g/mol. The van der Waals surface area contributed by atoms with Gasteiger partial charge in [0.2, 0.25) is 0 Å². The first kappa shape index (κ1) is 12.1. The number of rotatable bonds is 4. The minimum Gasteiger partial charge on any atom is -0.326 e. The Bertz CT molecular complexity index is 512. The largest absolute Gasteiger partial charge is 0.326 e. The highest BCUT2D eigenvalue weighted by Crippen LogP contribution is 2.22. The first-order valence-electron chi connectivity index (χ1n) is 5.15. The van der Waals surface area contributed by atoms with Crippen LogP contribution in [-0.2, 0) is 19.3 Å². The maximum Gasteiger partial charge on any atom is 0.186 e. The lowest BCUT2D eigenvalue weighted by Gasteiger charge is -2.04. The van der Waals surface area contributed by atoms with Gasteiger partial charge in [0, 0.05) is 19.3 Å². The second-order valence-corrected chi connectivity index (χ2v) is 4.53. The second kappa shape index (κ2) is 5.29. The van der Waals surface area contributed by atoms with Gasteiger partial charge < -0.3 is 5.73 Å². The lowest BCUT2D eigenvalue weighted by Crippen LogP contribution is -1.99. The molecule has 0 aliphatic carbocycles. The van der Waals surface area contributed by atoms with E-state index >= 15 is 0 Å². The SMILES string of the molecule is Cn1ncnc1SCc1ccc(CN)cc1F. The van der Waals surface area contributed by atoms with Crippen molar-refractivity contribution < 1.29 is 4.39 Å². The summed E-state index contributed by atoms with van der Waals surface area (Å²) in [6, 6.07) is 5.09. The summed E-state index contributed by atoms with van der Waals surface area (Å²) in [6.45, 7) is 0.355. The number of benzene rings is 1. The molecule has 0 radical (unpaired) electrons. The Labute approximate surface area is 103 Å². The minimum atomic E-state index is -0.220. The van der Waals surface area contributed by atoms with Crippen molar-refractivity contribution in [1.82, 2.24) is 14.8 Å². The number of halogens is 1. The molecule has 0 spiro atoms. The summed E-state index contributed by atoms with van der Waals surface area (Å²) < 4.78 is 15.3. The molecule has 0 atom stereocenters. The molecule has 4 nitrogen and oxygen atoms in total. The zero-order valence-corrected chi connectivity index (χ0v) is 10.2. The van der Waals surface area contributed by atoms with Gasteiger partial charge in [-0.25, -0.2) is 14.1 Å². The van der Waals surface area contributed by atoms with Crippen LogP contribution in [0.1, 0.15) is 11.1 Å². The summed E-state index contributed by atoms with van der Waals surface area (Å²) in [5.74, 6) is 0.311. The maximum atomic E-state index is 13.7. The molecule has 0 saturated heterocycles. The van der Waals surface area contributed by atoms with Crippen LogP contribution < -0.4 is 5.73 Å². The molecule has 1 aromatic carbocycles. The van der Waals surface area contributed by atoms with E-state index in [9.17, 15) is 4.39 Å². The van der Waals surface area contributed by atoms with E-state index in [4.69, 9.17) is 5.73 Å². The zero-order chi connectivity index (χ0) is 12.3. The van der Waals surface area contributed by atoms with Crippen molar-refractivity contribution in [2.24, 2.45) is 12.8 Å². The summed E-state index contributed by atoms with van der Waals surface area (Å²) >= 11 is 1.45. The van der Waals surface area contributed by atoms with Crippen LogP contribution in [0.4, 0.5) is 4.39 Å². The van der Waals surface area contributed by atoms with Crippen molar-refractivity contribution in [3.8, 4) is 0 Å². The van der Waals surface area contributed by atoms with Gasteiger partial charge in [-0.15, -0.1) is 0 Å². The number of thioether (sulfide) groups is 1. The Morgan fingerprint density at radius 1 is 1.47 bits per heavy atom. The molecular formula is C11H13FN4S. The molecule has 1 heterocycles. The molecule has 0 fully saturated rings. The van der Waals surface area contributed by atoms with E-state index in [0.717, 1.165) is 10.7 Å². The number of hydrogen-bond donors (Lipinski definition) is 1. The van der Waals surface area contributed by atoms with Crippen LogP contribution in [0.25, 0.3) is 0 Å². The highest BCUT2D eigenvalue weighted by atomic mass is 32.2. The molecule has 1 aromatic heterocycles. The van der Waals surface area contributed by atoms with E-state index in [1.165, 1.54) is 24.2 Å². The molecule has 17 heavy (non-hydrogen) atoms. The monoisotopic (exact) mass is 252 g/mol. The van der Waals surface area contributed by atoms with Gasteiger partial charge in [-0.2, -0.15) is 5.10 Å². The van der Waals surface area contributed by atoms with Crippen molar-refractivity contribution >= 4 is 11.8 Å². The number of hydrogen-bond acceptors (Lipinski definition) is 4. The Balaban J connectivity index is 2.07. The molecule has 0 amide bonds. The van der Waals surface area contributed by atoms with Crippen molar-refractivity contribution in [3.05, 3.63) is 41.5 Å². The fraction of sp³-hybridized carbons (Fsp3) is 0.273. The molecule has 0 unspecified atom stereocenters. The van der Waals surface area contributed by atoms with Crippen LogP contribution in [0, 0.1) is 5.82 Å². The fourth-order valence-corrected chi connectivity index (χ4v) is 2.27. The van der Waals surface area contributed by atoms with Gasteiger partial charge in [-0.1, -0.05) is 23.9 Å². The van der Waals surface area contributed by atoms with Crippen molar-refractivity contribution in [1.29, 1.82) is 0 Å². The summed E-state index contributed by atoms with van der Waals surface area (Å²) in [6.07, 6.45) is 1.48. The van der Waals surface area contributed by atoms with E-state index in [1.807, 2.05) is 13.1 Å². The molecule has 0 saturated carbocycles. The predicted molar refractivity (Wildman–Crippen MR) is 64.9 cm³/mol. The molecule has 0 bridgehead atoms. The van der Waals surface area contributed by atoms with Gasteiger partial charge in [0.05, 0.1) is 0 Å². The maximum absolute atomic E-state index is 13.7. The first-order valence-corrected chi connectivity index (χ1v) is 6.13. The van der Waals surface area contributed by atoms with E-state index in [1.54, 1.807) is 10.7 Å². The van der Waals surface area contributed by atoms with Crippen molar-refractivity contribution in [2.75, 3.05) is 0 Å². The summed E-state index contributed by atoms with van der Waals surface area (Å²) in [4.78, 5) is 4.07. The van der Waals surface area contributed by atoms with Gasteiger partial charge in [0.25, 0.3) is 0 Å². The van der Waals surface area contributed by atoms with E-state index in [0.29, 0.717) is 17.9 Å². The van der Waals surface area contributed by atoms with Crippen molar-refractivity contribution in [3.63, 3.8) is 0 Å². The van der Waals surface area contributed by atoms with Gasteiger partial charge in [0.1, 0.15) is 12.1 Å². The Morgan fingerprint density at radius 2 is 2.29 bits per heavy atom. The van der Waals surface area contributed by atoms with Gasteiger partial charge in [0.15, 0.2) is 5.16 Å². The molecule has 0 aliphatic heterocycles. The lowest BCUT2D eigenvalue weighted by molar-refractivity contribution is 0.614. The average Bonchev–Trinajstić information content (AvgIpc) is 2.73. The summed E-state index contributed by atoms with van der Waals surface area (Å²) in [7, 11) is 1.81. The molecule has 6 heteroatoms. The second-order valence-electron chi connectivity index (χ2n) is 3.58. The van der Waals surface area contributed by atoms with E-state index in [2.05, 4.69) is 10.1 Å². The average molecular weight is 252 g/mol. The topological polar surface area (TPSA) is 56.7 Å². The van der Waals surface area contributed by atoms with Crippen LogP contribution >= 0.6 is 11.8 Å². The smallest absolute Gasteiger partial charge is 0.186 e. The fourth-order valence-electron chi connectivity index (χ4n) is 1.39. The van der Waals surface area contributed by atoms with Crippen LogP contribution in [0.15, 0.2) is 29.7 Å².